The van der Waals surface area contributed by atoms with Crippen LogP contribution in [0.25, 0.3) is 0 Å². The van der Waals surface area contributed by atoms with Gasteiger partial charge in [-0.1, -0.05) is 34.1 Å². The minimum Gasteiger partial charge on any atom is -0.315 e. The van der Waals surface area contributed by atoms with Crippen molar-refractivity contribution in [2.75, 3.05) is 19.6 Å². The molecule has 0 saturated carbocycles. The minimum atomic E-state index is 0.663. The zero-order valence-corrected chi connectivity index (χ0v) is 11.1. The van der Waals surface area contributed by atoms with Crippen LogP contribution in [0.4, 0.5) is 0 Å². The lowest BCUT2D eigenvalue weighted by atomic mass is 10.1. The fraction of sp³-hybridized carbons (Fsp3) is 0.538. The molecule has 0 spiro atoms. The van der Waals surface area contributed by atoms with Crippen LogP contribution < -0.4 is 10.6 Å². The van der Waals surface area contributed by atoms with Gasteiger partial charge in [-0.3, -0.25) is 0 Å². The Hall–Kier alpha value is -0.380. The van der Waals surface area contributed by atoms with E-state index < -0.39 is 0 Å². The molecule has 1 fully saturated rings. The van der Waals surface area contributed by atoms with Crippen LogP contribution in [0.15, 0.2) is 28.7 Å². The minimum absolute atomic E-state index is 0.663. The van der Waals surface area contributed by atoms with Gasteiger partial charge in [0.2, 0.25) is 0 Å². The van der Waals surface area contributed by atoms with Crippen LogP contribution in [0.1, 0.15) is 18.4 Å². The van der Waals surface area contributed by atoms with Crippen LogP contribution >= 0.6 is 15.9 Å². The molecular formula is C13H19BrN2. The van der Waals surface area contributed by atoms with Crippen molar-refractivity contribution in [3.63, 3.8) is 0 Å². The summed E-state index contributed by atoms with van der Waals surface area (Å²) in [6, 6.07) is 9.12. The molecule has 1 aromatic rings. The van der Waals surface area contributed by atoms with Gasteiger partial charge in [0.15, 0.2) is 0 Å². The van der Waals surface area contributed by atoms with Crippen molar-refractivity contribution < 1.29 is 0 Å². The van der Waals surface area contributed by atoms with Gasteiger partial charge in [-0.05, 0) is 44.0 Å². The van der Waals surface area contributed by atoms with Crippen LogP contribution in [-0.2, 0) is 6.42 Å². The predicted octanol–water partition coefficient (Wildman–Crippen LogP) is 2.33. The lowest BCUT2D eigenvalue weighted by Gasteiger charge is -2.23. The van der Waals surface area contributed by atoms with Gasteiger partial charge in [-0.2, -0.15) is 0 Å². The third-order valence-electron chi connectivity index (χ3n) is 3.08. The second kappa shape index (κ2) is 6.38. The maximum atomic E-state index is 3.61. The second-order valence-corrected chi connectivity index (χ2v) is 5.19. The number of halogens is 1. The van der Waals surface area contributed by atoms with E-state index in [0.717, 1.165) is 19.5 Å². The number of hydrogen-bond acceptors (Lipinski definition) is 2. The summed E-state index contributed by atoms with van der Waals surface area (Å²) in [6.45, 7) is 3.37. The van der Waals surface area contributed by atoms with Crippen molar-refractivity contribution in [3.05, 3.63) is 34.3 Å². The van der Waals surface area contributed by atoms with Crippen LogP contribution in [0.5, 0.6) is 0 Å². The maximum absolute atomic E-state index is 3.61. The standard InChI is InChI=1S/C13H19BrN2/c14-13-6-2-1-4-11(13)7-9-16-12-5-3-8-15-10-12/h1-2,4,6,12,15-16H,3,5,7-10H2. The highest BCUT2D eigenvalue weighted by atomic mass is 79.9. The first-order valence-corrected chi connectivity index (χ1v) is 6.83. The summed E-state index contributed by atoms with van der Waals surface area (Å²) < 4.78 is 1.22. The lowest BCUT2D eigenvalue weighted by molar-refractivity contribution is 0.392. The SMILES string of the molecule is Brc1ccccc1CCNC1CCCNC1. The Morgan fingerprint density at radius 1 is 1.38 bits per heavy atom. The van der Waals surface area contributed by atoms with E-state index in [1.165, 1.54) is 29.4 Å². The van der Waals surface area contributed by atoms with Gasteiger partial charge < -0.3 is 10.6 Å². The largest absolute Gasteiger partial charge is 0.315 e. The molecule has 0 radical (unpaired) electrons. The third kappa shape index (κ3) is 3.58. The van der Waals surface area contributed by atoms with E-state index in [1.807, 2.05) is 0 Å². The van der Waals surface area contributed by atoms with E-state index in [9.17, 15) is 0 Å². The Morgan fingerprint density at radius 3 is 3.00 bits per heavy atom. The van der Waals surface area contributed by atoms with E-state index >= 15 is 0 Å². The average Bonchev–Trinajstić information content (AvgIpc) is 2.33. The number of rotatable bonds is 4. The third-order valence-corrected chi connectivity index (χ3v) is 3.86. The summed E-state index contributed by atoms with van der Waals surface area (Å²) in [5, 5.41) is 7.04. The van der Waals surface area contributed by atoms with E-state index in [0.29, 0.717) is 6.04 Å². The van der Waals surface area contributed by atoms with Crippen molar-refractivity contribution in [2.45, 2.75) is 25.3 Å². The molecule has 1 atom stereocenters. The first-order valence-electron chi connectivity index (χ1n) is 6.04. The highest BCUT2D eigenvalue weighted by molar-refractivity contribution is 9.10. The molecule has 1 aromatic carbocycles. The normalized spacial score (nSPS) is 20.9. The lowest BCUT2D eigenvalue weighted by Crippen LogP contribution is -2.43. The maximum Gasteiger partial charge on any atom is 0.0207 e. The molecule has 2 nitrogen and oxygen atoms in total. The highest BCUT2D eigenvalue weighted by Crippen LogP contribution is 2.15. The molecule has 1 unspecified atom stereocenters. The fourth-order valence-electron chi connectivity index (χ4n) is 2.14. The van der Waals surface area contributed by atoms with Gasteiger partial charge in [-0.15, -0.1) is 0 Å². The van der Waals surface area contributed by atoms with Crippen molar-refractivity contribution in [1.29, 1.82) is 0 Å². The molecule has 0 aromatic heterocycles. The fourth-order valence-corrected chi connectivity index (χ4v) is 2.62. The van der Waals surface area contributed by atoms with Gasteiger partial charge in [0.05, 0.1) is 0 Å². The van der Waals surface area contributed by atoms with Crippen LogP contribution in [0, 0.1) is 0 Å². The predicted molar refractivity (Wildman–Crippen MR) is 71.7 cm³/mol. The molecular weight excluding hydrogens is 264 g/mol. The first-order chi connectivity index (χ1) is 7.86. The molecule has 0 aliphatic carbocycles. The monoisotopic (exact) mass is 282 g/mol. The zero-order valence-electron chi connectivity index (χ0n) is 9.51. The second-order valence-electron chi connectivity index (χ2n) is 4.34. The molecule has 1 saturated heterocycles. The molecule has 0 bridgehead atoms. The van der Waals surface area contributed by atoms with Crippen LogP contribution in [-0.4, -0.2) is 25.7 Å². The van der Waals surface area contributed by atoms with Crippen LogP contribution in [0.2, 0.25) is 0 Å². The Morgan fingerprint density at radius 2 is 2.25 bits per heavy atom. The van der Waals surface area contributed by atoms with Gasteiger partial charge in [0, 0.05) is 17.1 Å². The molecule has 3 heteroatoms. The van der Waals surface area contributed by atoms with E-state index in [4.69, 9.17) is 0 Å². The molecule has 16 heavy (non-hydrogen) atoms. The molecule has 1 aliphatic rings. The summed E-state index contributed by atoms with van der Waals surface area (Å²) in [6.07, 6.45) is 3.70. The summed E-state index contributed by atoms with van der Waals surface area (Å²) in [5.41, 5.74) is 1.39. The number of nitrogens with one attached hydrogen (secondary N) is 2. The smallest absolute Gasteiger partial charge is 0.0207 e. The number of piperidine rings is 1. The Balaban J connectivity index is 1.73. The van der Waals surface area contributed by atoms with Gasteiger partial charge in [0.1, 0.15) is 0 Å². The quantitative estimate of drug-likeness (QED) is 0.886. The molecule has 0 amide bonds. The molecule has 1 heterocycles. The first kappa shape index (κ1) is 12.1. The summed E-state index contributed by atoms with van der Waals surface area (Å²) >= 11 is 3.58. The van der Waals surface area contributed by atoms with Crippen molar-refractivity contribution in [2.24, 2.45) is 0 Å². The number of benzene rings is 1. The van der Waals surface area contributed by atoms with Gasteiger partial charge in [0.25, 0.3) is 0 Å². The van der Waals surface area contributed by atoms with E-state index in [1.54, 1.807) is 0 Å². The van der Waals surface area contributed by atoms with Crippen molar-refractivity contribution in [1.82, 2.24) is 10.6 Å². The summed E-state index contributed by atoms with van der Waals surface area (Å²) in [5.74, 6) is 0. The van der Waals surface area contributed by atoms with E-state index in [-0.39, 0.29) is 0 Å². The van der Waals surface area contributed by atoms with E-state index in [2.05, 4.69) is 50.8 Å². The van der Waals surface area contributed by atoms with Crippen molar-refractivity contribution >= 4 is 15.9 Å². The average molecular weight is 283 g/mol. The molecule has 2 N–H and O–H groups in total. The molecule has 1 aliphatic heterocycles. The Kier molecular flexibility index (Phi) is 4.82. The molecule has 88 valence electrons. The highest BCUT2D eigenvalue weighted by Gasteiger charge is 2.11. The van der Waals surface area contributed by atoms with Crippen LogP contribution in [0.3, 0.4) is 0 Å². The Bertz CT molecular complexity index is 321. The van der Waals surface area contributed by atoms with Gasteiger partial charge in [-0.25, -0.2) is 0 Å². The zero-order chi connectivity index (χ0) is 11.2. The van der Waals surface area contributed by atoms with Crippen molar-refractivity contribution in [3.8, 4) is 0 Å². The number of hydrogen-bond donors (Lipinski definition) is 2. The van der Waals surface area contributed by atoms with Gasteiger partial charge >= 0.3 is 0 Å². The Labute approximate surface area is 106 Å². The molecule has 2 rings (SSSR count). The summed E-state index contributed by atoms with van der Waals surface area (Å²) in [7, 11) is 0. The topological polar surface area (TPSA) is 24.1 Å². The summed E-state index contributed by atoms with van der Waals surface area (Å²) in [4.78, 5) is 0.